The van der Waals surface area contributed by atoms with Gasteiger partial charge in [0.05, 0.1) is 0 Å². The lowest BCUT2D eigenvalue weighted by Crippen LogP contribution is -2.30. The zero-order valence-electron chi connectivity index (χ0n) is 53.7. The zero-order chi connectivity index (χ0) is 59.9. The fourth-order valence-electron chi connectivity index (χ4n) is 9.01. The van der Waals surface area contributed by atoms with E-state index in [0.29, 0.717) is 19.3 Å². The van der Waals surface area contributed by atoms with Crippen LogP contribution in [-0.4, -0.2) is 37.2 Å². The van der Waals surface area contributed by atoms with Crippen molar-refractivity contribution < 1.29 is 28.6 Å². The number of unbranched alkanes of at least 4 members (excludes halogenated alkanes) is 23. The van der Waals surface area contributed by atoms with Crippen molar-refractivity contribution in [1.29, 1.82) is 0 Å². The molecule has 0 aromatic heterocycles. The van der Waals surface area contributed by atoms with Gasteiger partial charge in [-0.15, -0.1) is 0 Å². The normalized spacial score (nSPS) is 13.1. The second kappa shape index (κ2) is 69.5. The highest BCUT2D eigenvalue weighted by molar-refractivity contribution is 5.71. The third kappa shape index (κ3) is 67.7. The number of rotatable bonds is 60. The molecule has 0 N–H and O–H groups in total. The third-order valence-electron chi connectivity index (χ3n) is 14.0. The predicted octanol–water partition coefficient (Wildman–Crippen LogP) is 23.7. The lowest BCUT2D eigenvalue weighted by Gasteiger charge is -2.18. The van der Waals surface area contributed by atoms with Gasteiger partial charge in [0.25, 0.3) is 0 Å². The molecule has 6 nitrogen and oxygen atoms in total. The molecule has 0 aliphatic heterocycles. The van der Waals surface area contributed by atoms with Crippen LogP contribution in [0.5, 0.6) is 0 Å². The molecule has 0 aromatic rings. The SMILES string of the molecule is CC/C=C\C/C=C\C/C=C\C/C=C\C/C=C\C/C=C\C/C=C\CCCCCCCC(=O)OCC(COC(=O)CCCCCCCCCCCCC)OC(=O)CCCCCCCCCC/C=C\C/C=C\C/C=C\C/C=C\C/C=C\C/C=C\CC. The number of carbonyl (C=O) groups excluding carboxylic acids is 3. The first-order chi connectivity index (χ1) is 41.0. The quantitative estimate of drug-likeness (QED) is 0.0261. The number of hydrogen-bond donors (Lipinski definition) is 0. The maximum atomic E-state index is 12.9. The average molecular weight is 1150 g/mol. The molecule has 0 radical (unpaired) electrons. The Morgan fingerprint density at radius 2 is 0.470 bits per heavy atom. The van der Waals surface area contributed by atoms with Gasteiger partial charge in [0, 0.05) is 19.3 Å². The highest BCUT2D eigenvalue weighted by Gasteiger charge is 2.19. The Bertz CT molecular complexity index is 1840. The topological polar surface area (TPSA) is 78.9 Å². The predicted molar refractivity (Wildman–Crippen MR) is 362 cm³/mol. The number of allylic oxidation sites excluding steroid dienone is 26. The van der Waals surface area contributed by atoms with Crippen molar-refractivity contribution in [2.75, 3.05) is 13.2 Å². The highest BCUT2D eigenvalue weighted by Crippen LogP contribution is 2.15. The second-order valence-electron chi connectivity index (χ2n) is 22.0. The first-order valence-corrected chi connectivity index (χ1v) is 34.0. The Hall–Kier alpha value is -4.97. The van der Waals surface area contributed by atoms with E-state index in [1.165, 1.54) is 83.5 Å². The molecule has 0 saturated carbocycles. The summed E-state index contributed by atoms with van der Waals surface area (Å²) in [6, 6.07) is 0. The Kier molecular flexibility index (Phi) is 65.4. The third-order valence-corrected chi connectivity index (χ3v) is 14.0. The molecule has 0 saturated heterocycles. The number of ether oxygens (including phenoxy) is 3. The molecule has 6 heteroatoms. The fraction of sp³-hybridized carbons (Fsp3) is 0.623. The smallest absolute Gasteiger partial charge is 0.306 e. The summed E-state index contributed by atoms with van der Waals surface area (Å²) < 4.78 is 16.9. The van der Waals surface area contributed by atoms with Gasteiger partial charge < -0.3 is 14.2 Å². The molecule has 0 aromatic carbocycles. The second-order valence-corrected chi connectivity index (χ2v) is 22.0. The van der Waals surface area contributed by atoms with E-state index in [1.807, 2.05) is 0 Å². The fourth-order valence-corrected chi connectivity index (χ4v) is 9.01. The van der Waals surface area contributed by atoms with Crippen molar-refractivity contribution in [2.45, 2.75) is 297 Å². The minimum atomic E-state index is -0.798. The van der Waals surface area contributed by atoms with Crippen LogP contribution in [-0.2, 0) is 28.6 Å². The molecule has 0 amide bonds. The molecule has 1 unspecified atom stereocenters. The Balaban J connectivity index is 4.37. The standard InChI is InChI=1S/C77H124O6/c1-4-7-10-13-16-19-22-24-26-28-30-32-34-36-38-40-42-44-46-48-50-52-55-58-61-64-67-70-76(79)82-73-74(72-81-75(78)69-66-63-60-57-54-21-18-15-12-9-6-3)83-77(80)71-68-65-62-59-56-53-51-49-47-45-43-41-39-37-35-33-31-29-27-25-23-20-17-14-11-8-5-2/h7-8,10-11,16-17,19-20,24-27,30-33,36-39,42-45,48,50,74H,4-6,9,12-15,18,21-23,28-29,34-35,40-41,46-47,49,51-73H2,1-3H3/b10-7-,11-8-,19-16-,20-17-,26-24-,27-25-,32-30-,33-31-,38-36-,39-37-,44-42-,45-43-,50-48-. The van der Waals surface area contributed by atoms with Gasteiger partial charge in [0.15, 0.2) is 6.10 Å². The van der Waals surface area contributed by atoms with E-state index < -0.39 is 6.10 Å². The maximum Gasteiger partial charge on any atom is 0.306 e. The summed E-state index contributed by atoms with van der Waals surface area (Å²) in [6.45, 7) is 6.39. The number of carbonyl (C=O) groups is 3. The van der Waals surface area contributed by atoms with Gasteiger partial charge >= 0.3 is 17.9 Å². The molecule has 0 bridgehead atoms. The highest BCUT2D eigenvalue weighted by atomic mass is 16.6. The van der Waals surface area contributed by atoms with Gasteiger partial charge in [-0.25, -0.2) is 0 Å². The lowest BCUT2D eigenvalue weighted by molar-refractivity contribution is -0.167. The Labute approximate surface area is 511 Å². The molecular formula is C77H124O6. The van der Waals surface area contributed by atoms with Gasteiger partial charge in [0.2, 0.25) is 0 Å². The monoisotopic (exact) mass is 1140 g/mol. The summed E-state index contributed by atoms with van der Waals surface area (Å²) in [5.74, 6) is -0.919. The van der Waals surface area contributed by atoms with Crippen LogP contribution in [0.25, 0.3) is 0 Å². The molecule has 0 fully saturated rings. The summed E-state index contributed by atoms with van der Waals surface area (Å²) in [5.41, 5.74) is 0. The molecule has 0 spiro atoms. The van der Waals surface area contributed by atoms with Gasteiger partial charge in [-0.05, 0) is 128 Å². The first-order valence-electron chi connectivity index (χ1n) is 34.0. The van der Waals surface area contributed by atoms with Crippen LogP contribution in [0, 0.1) is 0 Å². The molecule has 468 valence electrons. The van der Waals surface area contributed by atoms with Gasteiger partial charge in [0.1, 0.15) is 13.2 Å². The molecule has 0 aliphatic carbocycles. The van der Waals surface area contributed by atoms with Crippen LogP contribution < -0.4 is 0 Å². The van der Waals surface area contributed by atoms with E-state index in [2.05, 4.69) is 179 Å². The van der Waals surface area contributed by atoms with Crippen LogP contribution in [0.3, 0.4) is 0 Å². The van der Waals surface area contributed by atoms with E-state index in [1.54, 1.807) is 0 Å². The molecule has 1 atom stereocenters. The van der Waals surface area contributed by atoms with Crippen LogP contribution in [0.1, 0.15) is 290 Å². The van der Waals surface area contributed by atoms with Crippen LogP contribution in [0.4, 0.5) is 0 Å². The molecule has 83 heavy (non-hydrogen) atoms. The van der Waals surface area contributed by atoms with E-state index in [4.69, 9.17) is 14.2 Å². The summed E-state index contributed by atoms with van der Waals surface area (Å²) in [4.78, 5) is 38.4. The number of esters is 3. The molecule has 0 aliphatic rings. The van der Waals surface area contributed by atoms with Gasteiger partial charge in [-0.2, -0.15) is 0 Å². The molecule has 0 heterocycles. The summed E-state index contributed by atoms with van der Waals surface area (Å²) in [6.07, 6.45) is 101. The zero-order valence-corrected chi connectivity index (χ0v) is 53.7. The van der Waals surface area contributed by atoms with Crippen LogP contribution in [0.15, 0.2) is 158 Å². The average Bonchev–Trinajstić information content (AvgIpc) is 3.48. The summed E-state index contributed by atoms with van der Waals surface area (Å²) >= 11 is 0. The Morgan fingerprint density at radius 3 is 0.735 bits per heavy atom. The van der Waals surface area contributed by atoms with E-state index in [-0.39, 0.29) is 31.1 Å². The lowest BCUT2D eigenvalue weighted by atomic mass is 10.1. The minimum absolute atomic E-state index is 0.0915. The van der Waals surface area contributed by atoms with E-state index >= 15 is 0 Å². The van der Waals surface area contributed by atoms with Crippen molar-refractivity contribution in [3.8, 4) is 0 Å². The van der Waals surface area contributed by atoms with Gasteiger partial charge in [-0.3, -0.25) is 14.4 Å². The van der Waals surface area contributed by atoms with Crippen LogP contribution >= 0.6 is 0 Å². The van der Waals surface area contributed by atoms with Crippen molar-refractivity contribution in [2.24, 2.45) is 0 Å². The first kappa shape index (κ1) is 78.0. The largest absolute Gasteiger partial charge is 0.462 e. The molecule has 0 rings (SSSR count). The summed E-state index contributed by atoms with van der Waals surface area (Å²) in [5, 5.41) is 0. The van der Waals surface area contributed by atoms with E-state index in [9.17, 15) is 14.4 Å². The van der Waals surface area contributed by atoms with Crippen molar-refractivity contribution in [3.63, 3.8) is 0 Å². The van der Waals surface area contributed by atoms with Gasteiger partial charge in [-0.1, -0.05) is 301 Å². The van der Waals surface area contributed by atoms with Crippen LogP contribution in [0.2, 0.25) is 0 Å². The van der Waals surface area contributed by atoms with Crippen molar-refractivity contribution >= 4 is 17.9 Å². The van der Waals surface area contributed by atoms with Crippen molar-refractivity contribution in [1.82, 2.24) is 0 Å². The van der Waals surface area contributed by atoms with E-state index in [0.717, 1.165) is 167 Å². The Morgan fingerprint density at radius 1 is 0.253 bits per heavy atom. The summed E-state index contributed by atoms with van der Waals surface area (Å²) in [7, 11) is 0. The maximum absolute atomic E-state index is 12.9. The minimum Gasteiger partial charge on any atom is -0.462 e. The van der Waals surface area contributed by atoms with Crippen molar-refractivity contribution in [3.05, 3.63) is 158 Å². The molecular weight excluding hydrogens is 1020 g/mol. The number of hydrogen-bond acceptors (Lipinski definition) is 6.